The van der Waals surface area contributed by atoms with Crippen molar-refractivity contribution in [3.63, 3.8) is 0 Å². The summed E-state index contributed by atoms with van der Waals surface area (Å²) < 4.78 is 16.3. The van der Waals surface area contributed by atoms with Gasteiger partial charge < -0.3 is 28.8 Å². The Morgan fingerprint density at radius 2 is 1.47 bits per heavy atom. The molecule has 0 radical (unpaired) electrons. The maximum absolute atomic E-state index is 13.3. The molecule has 2 bridgehead atoms. The zero-order valence-electron chi connectivity index (χ0n) is 19.4. The van der Waals surface area contributed by atoms with Crippen LogP contribution in [0.5, 0.6) is 0 Å². The van der Waals surface area contributed by atoms with E-state index in [1.54, 1.807) is 0 Å². The van der Waals surface area contributed by atoms with Crippen molar-refractivity contribution >= 4 is 55.4 Å². The van der Waals surface area contributed by atoms with Gasteiger partial charge in [-0.2, -0.15) is 0 Å². The topological polar surface area (TPSA) is 115 Å². The van der Waals surface area contributed by atoms with Crippen LogP contribution in [0.2, 0.25) is 0 Å². The molecule has 3 aliphatic heterocycles. The lowest BCUT2D eigenvalue weighted by Gasteiger charge is -2.48. The number of ether oxygens (including phenoxy) is 2. The zero-order valence-corrected chi connectivity index (χ0v) is 19.4. The maximum atomic E-state index is 13.3. The van der Waals surface area contributed by atoms with Gasteiger partial charge >= 0.3 is 0 Å². The van der Waals surface area contributed by atoms with Gasteiger partial charge in [-0.05, 0) is 19.1 Å². The number of carbonyl (C=O) groups excluding carboxylic acids is 2. The van der Waals surface area contributed by atoms with Gasteiger partial charge in [0.2, 0.25) is 0 Å². The Kier molecular flexibility index (Phi) is 3.59. The Bertz CT molecular complexity index is 1850. The molecule has 5 aromatic rings. The van der Waals surface area contributed by atoms with Crippen LogP contribution in [-0.4, -0.2) is 56.6 Å². The second-order valence-corrected chi connectivity index (χ2v) is 9.92. The fourth-order valence-corrected chi connectivity index (χ4v) is 6.91. The van der Waals surface area contributed by atoms with Crippen LogP contribution in [-0.2, 0) is 15.2 Å². The summed E-state index contributed by atoms with van der Waals surface area (Å²) in [5.41, 5.74) is 2.25. The average molecular weight is 483 g/mol. The lowest BCUT2D eigenvalue weighted by Crippen LogP contribution is -2.62. The van der Waals surface area contributed by atoms with E-state index in [4.69, 9.17) is 9.47 Å². The summed E-state index contributed by atoms with van der Waals surface area (Å²) in [6, 6.07) is 15.2. The van der Waals surface area contributed by atoms with E-state index < -0.39 is 42.1 Å². The number of para-hydroxylation sites is 2. The molecule has 2 aromatic heterocycles. The van der Waals surface area contributed by atoms with Gasteiger partial charge in [0.1, 0.15) is 18.3 Å². The molecule has 3 aliphatic rings. The number of imide groups is 1. The maximum Gasteiger partial charge on any atom is 0.259 e. The lowest BCUT2D eigenvalue weighted by molar-refractivity contribution is -0.314. The molecule has 9 heteroatoms. The Hall–Kier alpha value is -3.76. The highest BCUT2D eigenvalue weighted by atomic mass is 16.6. The first-order chi connectivity index (χ1) is 17.4. The van der Waals surface area contributed by atoms with Gasteiger partial charge in [0.15, 0.2) is 12.0 Å². The molecule has 8 rings (SSSR count). The number of hydrogen-bond donors (Lipinski definition) is 3. The number of methoxy groups -OCH3 is 1. The fourth-order valence-electron chi connectivity index (χ4n) is 6.91. The van der Waals surface area contributed by atoms with E-state index in [9.17, 15) is 19.8 Å². The van der Waals surface area contributed by atoms with E-state index >= 15 is 0 Å². The summed E-state index contributed by atoms with van der Waals surface area (Å²) >= 11 is 0. The molecule has 1 fully saturated rings. The SMILES string of the molecule is COC1C(O)C(O)C2OC1(C)n1c3ccccc3c3c4c(c5c6ccccc6n2c5c31)C(=O)NC4=O. The predicted octanol–water partition coefficient (Wildman–Crippen LogP) is 2.74. The quantitative estimate of drug-likeness (QED) is 0.316. The van der Waals surface area contributed by atoms with Crippen LogP contribution in [0.3, 0.4) is 0 Å². The molecular weight excluding hydrogens is 462 g/mol. The highest BCUT2D eigenvalue weighted by molar-refractivity contribution is 6.39. The van der Waals surface area contributed by atoms with E-state index in [0.29, 0.717) is 32.9 Å². The number of amides is 2. The van der Waals surface area contributed by atoms with Crippen LogP contribution in [0.15, 0.2) is 48.5 Å². The molecule has 5 heterocycles. The number of benzene rings is 3. The van der Waals surface area contributed by atoms with E-state index in [0.717, 1.165) is 21.8 Å². The van der Waals surface area contributed by atoms with Crippen LogP contribution >= 0.6 is 0 Å². The monoisotopic (exact) mass is 483 g/mol. The normalized spacial score (nSPS) is 29.0. The second kappa shape index (κ2) is 6.32. The fraction of sp³-hybridized carbons (Fsp3) is 0.259. The van der Waals surface area contributed by atoms with E-state index in [1.807, 2.05) is 64.6 Å². The van der Waals surface area contributed by atoms with Crippen molar-refractivity contribution in [1.82, 2.24) is 14.5 Å². The largest absolute Gasteiger partial charge is 0.387 e. The summed E-state index contributed by atoms with van der Waals surface area (Å²) in [4.78, 5) is 26.5. The number of aliphatic hydroxyl groups is 2. The molecule has 9 nitrogen and oxygen atoms in total. The molecule has 0 spiro atoms. The van der Waals surface area contributed by atoms with Crippen LogP contribution in [0.1, 0.15) is 33.9 Å². The number of nitrogens with one attached hydrogen (secondary N) is 1. The van der Waals surface area contributed by atoms with Crippen LogP contribution in [0, 0.1) is 0 Å². The van der Waals surface area contributed by atoms with Crippen molar-refractivity contribution in [2.24, 2.45) is 0 Å². The number of fused-ring (bicyclic) bond motifs is 13. The number of hydrogen-bond acceptors (Lipinski definition) is 6. The standard InChI is InChI=1S/C27H21N3O6/c1-27-23(35-2)21(31)22(32)26(36-27)29-13-9-5-3-7-11(13)15-17-18(25(34)28-24(17)33)16-12-8-4-6-10-14(12)30(27)20(16)19(15)29/h3-10,21-23,26,31-32H,1-2H3,(H,28,33,34). The van der Waals surface area contributed by atoms with E-state index in [-0.39, 0.29) is 0 Å². The van der Waals surface area contributed by atoms with E-state index in [1.165, 1.54) is 7.11 Å². The molecule has 1 saturated heterocycles. The van der Waals surface area contributed by atoms with Crippen molar-refractivity contribution in [2.45, 2.75) is 37.2 Å². The Balaban J connectivity index is 1.77. The minimum absolute atomic E-state index is 0.320. The number of nitrogens with zero attached hydrogens (tertiary/aromatic N) is 2. The highest BCUT2D eigenvalue weighted by Gasteiger charge is 2.57. The summed E-state index contributed by atoms with van der Waals surface area (Å²) in [6.07, 6.45) is -4.47. The lowest BCUT2D eigenvalue weighted by atomic mass is 9.93. The molecule has 36 heavy (non-hydrogen) atoms. The molecule has 3 aromatic carbocycles. The molecule has 0 saturated carbocycles. The van der Waals surface area contributed by atoms with Crippen LogP contribution in [0.25, 0.3) is 43.6 Å². The summed E-state index contributed by atoms with van der Waals surface area (Å²) in [6.45, 7) is 1.83. The Morgan fingerprint density at radius 1 is 0.889 bits per heavy atom. The molecule has 3 N–H and O–H groups in total. The van der Waals surface area contributed by atoms with Crippen molar-refractivity contribution in [1.29, 1.82) is 0 Å². The third-order valence-electron chi connectivity index (χ3n) is 8.23. The first-order valence-corrected chi connectivity index (χ1v) is 11.8. The first kappa shape index (κ1) is 20.4. The van der Waals surface area contributed by atoms with Crippen molar-refractivity contribution in [3.05, 3.63) is 59.7 Å². The Labute approximate surface area is 203 Å². The van der Waals surface area contributed by atoms with Gasteiger partial charge in [0.05, 0.1) is 33.2 Å². The third-order valence-corrected chi connectivity index (χ3v) is 8.23. The molecule has 0 aliphatic carbocycles. The summed E-state index contributed by atoms with van der Waals surface area (Å²) in [5.74, 6) is -0.899. The van der Waals surface area contributed by atoms with Gasteiger partial charge in [0.25, 0.3) is 11.8 Å². The summed E-state index contributed by atoms with van der Waals surface area (Å²) in [7, 11) is 1.48. The Morgan fingerprint density at radius 3 is 2.14 bits per heavy atom. The number of aliphatic hydroxyl groups excluding tert-OH is 2. The number of aromatic nitrogens is 2. The smallest absolute Gasteiger partial charge is 0.259 e. The minimum Gasteiger partial charge on any atom is -0.387 e. The first-order valence-electron chi connectivity index (χ1n) is 11.8. The van der Waals surface area contributed by atoms with Gasteiger partial charge in [0, 0.05) is 28.7 Å². The highest BCUT2D eigenvalue weighted by Crippen LogP contribution is 2.53. The van der Waals surface area contributed by atoms with Crippen molar-refractivity contribution in [2.75, 3.05) is 7.11 Å². The second-order valence-electron chi connectivity index (χ2n) is 9.92. The van der Waals surface area contributed by atoms with Crippen LogP contribution in [0.4, 0.5) is 0 Å². The van der Waals surface area contributed by atoms with Gasteiger partial charge in [-0.15, -0.1) is 0 Å². The molecule has 5 atom stereocenters. The van der Waals surface area contributed by atoms with Gasteiger partial charge in [-0.25, -0.2) is 0 Å². The van der Waals surface area contributed by atoms with Gasteiger partial charge in [-0.3, -0.25) is 14.9 Å². The van der Waals surface area contributed by atoms with Crippen LogP contribution < -0.4 is 5.32 Å². The average Bonchev–Trinajstić information content (AvgIpc) is 3.46. The van der Waals surface area contributed by atoms with Crippen molar-refractivity contribution < 1.29 is 29.3 Å². The minimum atomic E-state index is -1.31. The molecular formula is C27H21N3O6. The third kappa shape index (κ3) is 2.02. The van der Waals surface area contributed by atoms with Gasteiger partial charge in [-0.1, -0.05) is 36.4 Å². The number of carbonyl (C=O) groups is 2. The van der Waals surface area contributed by atoms with Crippen molar-refractivity contribution in [3.8, 4) is 0 Å². The predicted molar refractivity (Wildman–Crippen MR) is 131 cm³/mol. The zero-order chi connectivity index (χ0) is 24.7. The van der Waals surface area contributed by atoms with E-state index in [2.05, 4.69) is 5.32 Å². The number of rotatable bonds is 1. The molecule has 2 amide bonds. The summed E-state index contributed by atoms with van der Waals surface area (Å²) in [5, 5.41) is 27.9. The molecule has 180 valence electrons. The molecule has 5 unspecified atom stereocenters.